The van der Waals surface area contributed by atoms with Gasteiger partial charge in [-0.05, 0) is 31.2 Å². The first-order valence-corrected chi connectivity index (χ1v) is 10.2. The molecule has 3 rings (SSSR count). The molecule has 1 fully saturated rings. The van der Waals surface area contributed by atoms with Gasteiger partial charge < -0.3 is 19.7 Å². The zero-order valence-corrected chi connectivity index (χ0v) is 16.9. The van der Waals surface area contributed by atoms with Crippen LogP contribution < -0.4 is 10.1 Å². The molecule has 0 saturated carbocycles. The molecule has 7 nitrogen and oxygen atoms in total. The van der Waals surface area contributed by atoms with Gasteiger partial charge in [0.25, 0.3) is 11.1 Å². The minimum atomic E-state index is -0.519. The molecule has 1 aliphatic rings. The van der Waals surface area contributed by atoms with E-state index in [4.69, 9.17) is 9.47 Å². The van der Waals surface area contributed by atoms with Crippen LogP contribution in [0, 0.1) is 6.92 Å². The number of thioether (sulfide) groups is 1. The highest BCUT2D eigenvalue weighted by Crippen LogP contribution is 2.29. The minimum Gasteiger partial charge on any atom is -0.456 e. The highest BCUT2D eigenvalue weighted by Gasteiger charge is 2.21. The van der Waals surface area contributed by atoms with E-state index in [-0.39, 0.29) is 11.7 Å². The summed E-state index contributed by atoms with van der Waals surface area (Å²) >= 11 is 1.24. The van der Waals surface area contributed by atoms with Gasteiger partial charge in [0.05, 0.1) is 12.1 Å². The van der Waals surface area contributed by atoms with Crippen molar-refractivity contribution in [2.45, 2.75) is 13.3 Å². The van der Waals surface area contributed by atoms with Crippen LogP contribution in [0.25, 0.3) is 0 Å². The highest BCUT2D eigenvalue weighted by molar-refractivity contribution is 8.13. The van der Waals surface area contributed by atoms with E-state index in [0.29, 0.717) is 30.3 Å². The summed E-state index contributed by atoms with van der Waals surface area (Å²) in [4.78, 5) is 37.1. The monoisotopic (exact) mass is 414 g/mol. The molecule has 0 spiro atoms. The summed E-state index contributed by atoms with van der Waals surface area (Å²) in [5, 5.41) is 2.67. The maximum absolute atomic E-state index is 12.2. The summed E-state index contributed by atoms with van der Waals surface area (Å²) < 4.78 is 10.8. The Labute approximate surface area is 173 Å². The summed E-state index contributed by atoms with van der Waals surface area (Å²) in [6, 6.07) is 14.6. The molecular weight excluding hydrogens is 392 g/mol. The molecule has 0 atom stereocenters. The number of rotatable bonds is 8. The van der Waals surface area contributed by atoms with E-state index in [1.807, 2.05) is 31.2 Å². The Morgan fingerprint density at radius 2 is 1.90 bits per heavy atom. The lowest BCUT2D eigenvalue weighted by atomic mass is 10.2. The quantitative estimate of drug-likeness (QED) is 0.661. The second-order valence-corrected chi connectivity index (χ2v) is 7.52. The average Bonchev–Trinajstić information content (AvgIpc) is 3.13. The number of aryl methyl sites for hydroxylation is 1. The van der Waals surface area contributed by atoms with Crippen molar-refractivity contribution in [1.29, 1.82) is 0 Å². The zero-order valence-electron chi connectivity index (χ0n) is 16.1. The molecule has 2 amide bonds. The van der Waals surface area contributed by atoms with Crippen LogP contribution in [0.3, 0.4) is 0 Å². The van der Waals surface area contributed by atoms with E-state index >= 15 is 0 Å². The van der Waals surface area contributed by atoms with Crippen LogP contribution in [0.1, 0.15) is 12.0 Å². The largest absolute Gasteiger partial charge is 0.456 e. The second-order valence-electron chi connectivity index (χ2n) is 6.47. The third kappa shape index (κ3) is 6.25. The fraction of sp³-hybridized carbons (Fsp3) is 0.286. The minimum absolute atomic E-state index is 0.0271. The van der Waals surface area contributed by atoms with Gasteiger partial charge >= 0.3 is 5.97 Å². The Bertz CT molecular complexity index is 885. The Hall–Kier alpha value is -3.00. The zero-order chi connectivity index (χ0) is 20.6. The predicted molar refractivity (Wildman–Crippen MR) is 111 cm³/mol. The second kappa shape index (κ2) is 9.97. The van der Waals surface area contributed by atoms with Crippen molar-refractivity contribution >= 4 is 34.6 Å². The average molecular weight is 414 g/mol. The van der Waals surface area contributed by atoms with Gasteiger partial charge in [0, 0.05) is 18.8 Å². The normalized spacial score (nSPS) is 13.3. The van der Waals surface area contributed by atoms with E-state index in [9.17, 15) is 14.4 Å². The molecule has 1 heterocycles. The first-order valence-electron chi connectivity index (χ1n) is 9.22. The molecule has 1 aliphatic heterocycles. The van der Waals surface area contributed by atoms with Crippen molar-refractivity contribution in [3.63, 3.8) is 0 Å². The predicted octanol–water partition coefficient (Wildman–Crippen LogP) is 3.83. The fourth-order valence-electron chi connectivity index (χ4n) is 2.65. The number of amides is 2. The van der Waals surface area contributed by atoms with Gasteiger partial charge in [0.2, 0.25) is 0 Å². The van der Waals surface area contributed by atoms with E-state index in [0.717, 1.165) is 11.3 Å². The van der Waals surface area contributed by atoms with Crippen LogP contribution in [0.4, 0.5) is 10.5 Å². The molecule has 0 bridgehead atoms. The number of nitrogens with one attached hydrogen (secondary N) is 1. The van der Waals surface area contributed by atoms with Crippen molar-refractivity contribution in [3.05, 3.63) is 54.1 Å². The number of carbonyl (C=O) groups excluding carboxylic acids is 3. The van der Waals surface area contributed by atoms with Gasteiger partial charge in [-0.2, -0.15) is 0 Å². The first-order chi connectivity index (χ1) is 14.0. The molecule has 0 unspecified atom stereocenters. The number of ether oxygens (including phenoxy) is 2. The molecule has 152 valence electrons. The van der Waals surface area contributed by atoms with Crippen LogP contribution >= 0.6 is 11.8 Å². The molecule has 1 N–H and O–H groups in total. The molecule has 29 heavy (non-hydrogen) atoms. The van der Waals surface area contributed by atoms with Crippen molar-refractivity contribution in [2.75, 3.05) is 30.8 Å². The van der Waals surface area contributed by atoms with Gasteiger partial charge in [-0.15, -0.1) is 0 Å². The summed E-state index contributed by atoms with van der Waals surface area (Å²) in [5.41, 5.74) is 1.60. The van der Waals surface area contributed by atoms with E-state index in [1.54, 1.807) is 29.2 Å². The number of esters is 1. The molecule has 0 aliphatic carbocycles. The Morgan fingerprint density at radius 1 is 1.14 bits per heavy atom. The molecule has 2 aromatic rings. The topological polar surface area (TPSA) is 84.9 Å². The third-order valence-corrected chi connectivity index (χ3v) is 5.10. The third-order valence-electron chi connectivity index (χ3n) is 4.20. The van der Waals surface area contributed by atoms with Crippen LogP contribution in [-0.2, 0) is 14.3 Å². The number of hydrogen-bond acceptors (Lipinski definition) is 6. The Morgan fingerprint density at radius 3 is 2.62 bits per heavy atom. The molecule has 8 heteroatoms. The number of carbonyl (C=O) groups is 3. The Balaban J connectivity index is 1.48. The lowest BCUT2D eigenvalue weighted by Crippen LogP contribution is -2.27. The van der Waals surface area contributed by atoms with Crippen LogP contribution in [0.5, 0.6) is 11.5 Å². The van der Waals surface area contributed by atoms with Crippen molar-refractivity contribution < 1.29 is 23.9 Å². The molecule has 0 aromatic heterocycles. The number of hydrogen-bond donors (Lipinski definition) is 1. The van der Waals surface area contributed by atoms with Crippen molar-refractivity contribution in [2.24, 2.45) is 0 Å². The Kier molecular flexibility index (Phi) is 7.13. The first kappa shape index (κ1) is 20.7. The number of anilines is 1. The molecule has 2 aromatic carbocycles. The molecule has 1 saturated heterocycles. The summed E-state index contributed by atoms with van der Waals surface area (Å²) in [5.74, 6) is 0.889. The standard InChI is InChI=1S/C21H22N2O5S/c1-15-6-8-16(9-7-15)28-18-5-3-2-4-17(18)22-19(24)14-27-20(25)10-11-23-12-13-29-21(23)26/h2-9H,10-14H2,1H3,(H,22,24). The molecular formula is C21H22N2O5S. The van der Waals surface area contributed by atoms with Crippen LogP contribution in [0.2, 0.25) is 0 Å². The summed E-state index contributed by atoms with van der Waals surface area (Å²) in [6.07, 6.45) is 0.0622. The van der Waals surface area contributed by atoms with Gasteiger partial charge in [-0.3, -0.25) is 14.4 Å². The van der Waals surface area contributed by atoms with Gasteiger partial charge in [-0.1, -0.05) is 41.6 Å². The van der Waals surface area contributed by atoms with E-state index in [1.165, 1.54) is 11.8 Å². The fourth-order valence-corrected chi connectivity index (χ4v) is 3.50. The number of para-hydroxylation sites is 2. The smallest absolute Gasteiger partial charge is 0.308 e. The number of nitrogens with zero attached hydrogens (tertiary/aromatic N) is 1. The summed E-state index contributed by atoms with van der Waals surface area (Å²) in [7, 11) is 0. The maximum atomic E-state index is 12.2. The van der Waals surface area contributed by atoms with Crippen LogP contribution in [-0.4, -0.2) is 47.5 Å². The SMILES string of the molecule is Cc1ccc(Oc2ccccc2NC(=O)COC(=O)CCN2CCSC2=O)cc1. The summed E-state index contributed by atoms with van der Waals surface area (Å²) in [6.45, 7) is 2.52. The van der Waals surface area contributed by atoms with Crippen LogP contribution in [0.15, 0.2) is 48.5 Å². The maximum Gasteiger partial charge on any atom is 0.308 e. The van der Waals surface area contributed by atoms with Crippen molar-refractivity contribution in [3.8, 4) is 11.5 Å². The highest BCUT2D eigenvalue weighted by atomic mass is 32.2. The molecule has 0 radical (unpaired) electrons. The van der Waals surface area contributed by atoms with Gasteiger partial charge in [0.15, 0.2) is 12.4 Å². The van der Waals surface area contributed by atoms with Gasteiger partial charge in [-0.25, -0.2) is 0 Å². The van der Waals surface area contributed by atoms with Gasteiger partial charge in [0.1, 0.15) is 5.75 Å². The van der Waals surface area contributed by atoms with E-state index in [2.05, 4.69) is 5.32 Å². The lowest BCUT2D eigenvalue weighted by Gasteiger charge is -2.14. The van der Waals surface area contributed by atoms with E-state index < -0.39 is 18.5 Å². The number of benzene rings is 2. The van der Waals surface area contributed by atoms with Crippen molar-refractivity contribution in [1.82, 2.24) is 4.90 Å². The lowest BCUT2D eigenvalue weighted by molar-refractivity contribution is -0.147.